The second-order valence-electron chi connectivity index (χ2n) is 3.50. The van der Waals surface area contributed by atoms with Crippen molar-refractivity contribution in [2.24, 2.45) is 0 Å². The van der Waals surface area contributed by atoms with Crippen LogP contribution in [0, 0.1) is 0 Å². The maximum atomic E-state index is 6.11. The Labute approximate surface area is 88.9 Å². The molecule has 0 bridgehead atoms. The molecule has 0 unspecified atom stereocenters. The van der Waals surface area contributed by atoms with Gasteiger partial charge in [-0.15, -0.1) is 0 Å². The van der Waals surface area contributed by atoms with E-state index in [0.717, 1.165) is 43.0 Å². The normalized spacial score (nSPS) is 15.6. The van der Waals surface area contributed by atoms with Crippen molar-refractivity contribution < 1.29 is 0 Å². The van der Waals surface area contributed by atoms with Crippen LogP contribution in [0.5, 0.6) is 0 Å². The van der Waals surface area contributed by atoms with Gasteiger partial charge in [-0.3, -0.25) is 0 Å². The number of hydrogen-bond acceptors (Lipinski definition) is 3. The van der Waals surface area contributed by atoms with Gasteiger partial charge < -0.3 is 5.32 Å². The van der Waals surface area contributed by atoms with Gasteiger partial charge in [-0.1, -0.05) is 18.5 Å². The van der Waals surface area contributed by atoms with Crippen LogP contribution >= 0.6 is 11.6 Å². The lowest BCUT2D eigenvalue weighted by atomic mass is 10.1. The Morgan fingerprint density at radius 3 is 3.00 bits per heavy atom. The highest BCUT2D eigenvalue weighted by Gasteiger charge is 2.14. The molecule has 1 aromatic rings. The third-order valence-corrected chi connectivity index (χ3v) is 2.78. The number of aromatic nitrogens is 2. The second-order valence-corrected chi connectivity index (χ2v) is 3.85. The van der Waals surface area contributed by atoms with Crippen LogP contribution in [0.4, 0.5) is 5.82 Å². The van der Waals surface area contributed by atoms with Crippen molar-refractivity contribution in [3.63, 3.8) is 0 Å². The second kappa shape index (κ2) is 4.13. The summed E-state index contributed by atoms with van der Waals surface area (Å²) in [4.78, 5) is 8.71. The van der Waals surface area contributed by atoms with E-state index in [4.69, 9.17) is 11.6 Å². The molecule has 0 fully saturated rings. The minimum absolute atomic E-state index is 0.626. The molecule has 0 saturated heterocycles. The third-order valence-electron chi connectivity index (χ3n) is 2.47. The molecule has 14 heavy (non-hydrogen) atoms. The van der Waals surface area contributed by atoms with E-state index in [1.807, 2.05) is 6.92 Å². The monoisotopic (exact) mass is 211 g/mol. The topological polar surface area (TPSA) is 37.8 Å². The first kappa shape index (κ1) is 9.71. The zero-order valence-corrected chi connectivity index (χ0v) is 9.06. The first-order chi connectivity index (χ1) is 6.81. The molecule has 1 aliphatic heterocycles. The quantitative estimate of drug-likeness (QED) is 0.726. The van der Waals surface area contributed by atoms with Crippen molar-refractivity contribution in [1.29, 1.82) is 0 Å². The Hall–Kier alpha value is -0.830. The summed E-state index contributed by atoms with van der Waals surface area (Å²) in [7, 11) is 0. The highest BCUT2D eigenvalue weighted by atomic mass is 35.5. The van der Waals surface area contributed by atoms with Crippen LogP contribution in [-0.2, 0) is 12.8 Å². The minimum atomic E-state index is 0.626. The lowest BCUT2D eigenvalue weighted by Gasteiger charge is -2.09. The Bertz CT molecular complexity index is 338. The van der Waals surface area contributed by atoms with Crippen molar-refractivity contribution in [2.45, 2.75) is 32.6 Å². The molecule has 0 aromatic carbocycles. The largest absolute Gasteiger partial charge is 0.370 e. The Balaban J connectivity index is 2.43. The zero-order valence-electron chi connectivity index (χ0n) is 8.31. The number of nitrogens with zero attached hydrogens (tertiary/aromatic N) is 2. The van der Waals surface area contributed by atoms with E-state index >= 15 is 0 Å². The van der Waals surface area contributed by atoms with E-state index in [1.165, 1.54) is 6.42 Å². The van der Waals surface area contributed by atoms with Gasteiger partial charge in [0.05, 0.1) is 0 Å². The summed E-state index contributed by atoms with van der Waals surface area (Å²) in [5.74, 6) is 1.77. The van der Waals surface area contributed by atoms with Crippen LogP contribution in [0.3, 0.4) is 0 Å². The molecule has 0 amide bonds. The summed E-state index contributed by atoms with van der Waals surface area (Å²) in [5.41, 5.74) is 1.08. The zero-order chi connectivity index (χ0) is 9.97. The van der Waals surface area contributed by atoms with Crippen LogP contribution in [0.15, 0.2) is 0 Å². The molecule has 0 radical (unpaired) electrons. The Kier molecular flexibility index (Phi) is 2.87. The van der Waals surface area contributed by atoms with Gasteiger partial charge in [0.25, 0.3) is 0 Å². The van der Waals surface area contributed by atoms with Crippen LogP contribution in [0.1, 0.15) is 31.2 Å². The molecule has 2 rings (SSSR count). The van der Waals surface area contributed by atoms with Gasteiger partial charge in [-0.25, -0.2) is 9.97 Å². The van der Waals surface area contributed by atoms with Gasteiger partial charge in [0.15, 0.2) is 0 Å². The van der Waals surface area contributed by atoms with Crippen LogP contribution in [-0.4, -0.2) is 16.5 Å². The summed E-state index contributed by atoms with van der Waals surface area (Å²) >= 11 is 6.11. The van der Waals surface area contributed by atoms with Gasteiger partial charge in [-0.05, 0) is 19.3 Å². The minimum Gasteiger partial charge on any atom is -0.370 e. The third kappa shape index (κ3) is 1.82. The molecular formula is C10H14ClN3. The first-order valence-electron chi connectivity index (χ1n) is 5.10. The smallest absolute Gasteiger partial charge is 0.138 e. The van der Waals surface area contributed by atoms with Gasteiger partial charge in [0, 0.05) is 18.5 Å². The maximum absolute atomic E-state index is 6.11. The van der Waals surface area contributed by atoms with Crippen LogP contribution in [0.2, 0.25) is 5.15 Å². The summed E-state index contributed by atoms with van der Waals surface area (Å²) in [6.07, 6.45) is 4.16. The average Bonchev–Trinajstić information content (AvgIpc) is 2.42. The molecule has 4 heteroatoms. The predicted octanol–water partition coefficient (Wildman–Crippen LogP) is 2.44. The lowest BCUT2D eigenvalue weighted by Crippen LogP contribution is -2.06. The number of rotatable bonds is 1. The van der Waals surface area contributed by atoms with E-state index in [2.05, 4.69) is 15.3 Å². The molecule has 76 valence electrons. The van der Waals surface area contributed by atoms with Gasteiger partial charge in [0.1, 0.15) is 16.8 Å². The summed E-state index contributed by atoms with van der Waals surface area (Å²) in [5, 5.41) is 3.93. The number of aryl methyl sites for hydroxylation is 1. The number of anilines is 1. The molecule has 0 atom stereocenters. The fraction of sp³-hybridized carbons (Fsp3) is 0.600. The fourth-order valence-electron chi connectivity index (χ4n) is 1.66. The Morgan fingerprint density at radius 2 is 2.21 bits per heavy atom. The molecule has 0 spiro atoms. The van der Waals surface area contributed by atoms with Crippen molar-refractivity contribution in [1.82, 2.24) is 9.97 Å². The van der Waals surface area contributed by atoms with E-state index in [1.54, 1.807) is 0 Å². The number of nitrogens with one attached hydrogen (secondary N) is 1. The average molecular weight is 212 g/mol. The Morgan fingerprint density at radius 1 is 1.36 bits per heavy atom. The van der Waals surface area contributed by atoms with E-state index in [9.17, 15) is 0 Å². The van der Waals surface area contributed by atoms with Crippen LogP contribution < -0.4 is 5.32 Å². The van der Waals surface area contributed by atoms with Crippen molar-refractivity contribution in [3.8, 4) is 0 Å². The predicted molar refractivity (Wildman–Crippen MR) is 57.8 cm³/mol. The molecule has 3 nitrogen and oxygen atoms in total. The SMILES string of the molecule is CCc1nc(Cl)c2c(n1)NCCCC2. The summed E-state index contributed by atoms with van der Waals surface area (Å²) in [6, 6.07) is 0. The van der Waals surface area contributed by atoms with Crippen molar-refractivity contribution in [2.75, 3.05) is 11.9 Å². The van der Waals surface area contributed by atoms with E-state index < -0.39 is 0 Å². The standard InChI is InChI=1S/C10H14ClN3/c1-2-8-13-9(11)7-5-3-4-6-12-10(7)14-8/h2-6H2,1H3,(H,12,13,14). The summed E-state index contributed by atoms with van der Waals surface area (Å²) in [6.45, 7) is 3.03. The lowest BCUT2D eigenvalue weighted by molar-refractivity contribution is 0.783. The van der Waals surface area contributed by atoms with E-state index in [-0.39, 0.29) is 0 Å². The summed E-state index contributed by atoms with van der Waals surface area (Å²) < 4.78 is 0. The number of halogens is 1. The molecule has 1 aromatic heterocycles. The van der Waals surface area contributed by atoms with Gasteiger partial charge in [0.2, 0.25) is 0 Å². The van der Waals surface area contributed by atoms with Crippen molar-refractivity contribution in [3.05, 3.63) is 16.5 Å². The molecule has 1 aliphatic rings. The highest BCUT2D eigenvalue weighted by Crippen LogP contribution is 2.25. The molecule has 0 saturated carbocycles. The molecule has 2 heterocycles. The number of fused-ring (bicyclic) bond motifs is 1. The van der Waals surface area contributed by atoms with Gasteiger partial charge >= 0.3 is 0 Å². The molecule has 1 N–H and O–H groups in total. The molecule has 0 aliphatic carbocycles. The van der Waals surface area contributed by atoms with Crippen LogP contribution in [0.25, 0.3) is 0 Å². The van der Waals surface area contributed by atoms with Gasteiger partial charge in [-0.2, -0.15) is 0 Å². The first-order valence-corrected chi connectivity index (χ1v) is 5.48. The van der Waals surface area contributed by atoms with Crippen molar-refractivity contribution >= 4 is 17.4 Å². The van der Waals surface area contributed by atoms with E-state index in [0.29, 0.717) is 5.15 Å². The maximum Gasteiger partial charge on any atom is 0.138 e. The molecular weight excluding hydrogens is 198 g/mol. The number of hydrogen-bond donors (Lipinski definition) is 1. The fourth-order valence-corrected chi connectivity index (χ4v) is 1.94. The highest BCUT2D eigenvalue weighted by molar-refractivity contribution is 6.30.